The third kappa shape index (κ3) is 5.28. The fourth-order valence-corrected chi connectivity index (χ4v) is 5.14. The molecule has 0 amide bonds. The summed E-state index contributed by atoms with van der Waals surface area (Å²) < 4.78 is 6.25. The van der Waals surface area contributed by atoms with Crippen molar-refractivity contribution in [2.24, 2.45) is 0 Å². The quantitative estimate of drug-likeness (QED) is 0.287. The van der Waals surface area contributed by atoms with Crippen LogP contribution in [0.3, 0.4) is 0 Å². The third-order valence-corrected chi connectivity index (χ3v) is 7.27. The molecule has 3 nitrogen and oxygen atoms in total. The Bertz CT molecular complexity index is 1260. The summed E-state index contributed by atoms with van der Waals surface area (Å²) in [5, 5.41) is 0. The molecule has 4 rings (SSSR count). The molecule has 0 atom stereocenters. The first-order valence-electron chi connectivity index (χ1n) is 11.1. The molecule has 0 N–H and O–H groups in total. The predicted molar refractivity (Wildman–Crippen MR) is 135 cm³/mol. The van der Waals surface area contributed by atoms with Crippen LogP contribution in [0.1, 0.15) is 65.5 Å². The van der Waals surface area contributed by atoms with Gasteiger partial charge in [0.15, 0.2) is 0 Å². The number of esters is 1. The van der Waals surface area contributed by atoms with Crippen molar-refractivity contribution in [1.29, 1.82) is 0 Å². The van der Waals surface area contributed by atoms with E-state index in [0.717, 1.165) is 6.42 Å². The van der Waals surface area contributed by atoms with Crippen molar-refractivity contribution < 1.29 is 9.53 Å². The van der Waals surface area contributed by atoms with Gasteiger partial charge in [0.25, 0.3) is 0 Å². The Morgan fingerprint density at radius 2 is 1.91 bits per heavy atom. The zero-order chi connectivity index (χ0) is 23.4. The number of rotatable bonds is 4. The Kier molecular flexibility index (Phi) is 6.84. The number of aryl methyl sites for hydroxylation is 1. The Morgan fingerprint density at radius 3 is 2.61 bits per heavy atom. The monoisotopic (exact) mass is 501 g/mol. The molecule has 166 valence electrons. The third-order valence-electron chi connectivity index (χ3n) is 5.81. The molecule has 0 spiro atoms. The standard InChI is InChI=1S/C29H27NO2Se/c1-5-32-28(31)22-10-11-23(30-19-22)15-17-33-24-12-13-26-25(21-8-6-20(2)7-9-21)14-16-29(3,4)27(26)18-24/h6-14,18-19H,5,16H2,1-4H3. The summed E-state index contributed by atoms with van der Waals surface area (Å²) in [4.78, 5) is 19.3. The summed E-state index contributed by atoms with van der Waals surface area (Å²) >= 11 is 0.0117. The van der Waals surface area contributed by atoms with Gasteiger partial charge < -0.3 is 0 Å². The van der Waals surface area contributed by atoms with Crippen molar-refractivity contribution in [1.82, 2.24) is 4.98 Å². The summed E-state index contributed by atoms with van der Waals surface area (Å²) in [7, 11) is 0. The van der Waals surface area contributed by atoms with E-state index in [1.54, 1.807) is 19.1 Å². The van der Waals surface area contributed by atoms with E-state index in [9.17, 15) is 4.79 Å². The van der Waals surface area contributed by atoms with Crippen LogP contribution in [0.15, 0.2) is 66.9 Å². The van der Waals surface area contributed by atoms with E-state index in [1.165, 1.54) is 38.5 Å². The molecule has 0 radical (unpaired) electrons. The van der Waals surface area contributed by atoms with Crippen LogP contribution in [0.5, 0.6) is 0 Å². The molecule has 33 heavy (non-hydrogen) atoms. The number of allylic oxidation sites excluding steroid dienone is 1. The molecule has 1 aliphatic rings. The molecular formula is C29H27NO2Se. The average molecular weight is 501 g/mol. The first-order valence-corrected chi connectivity index (χ1v) is 12.8. The van der Waals surface area contributed by atoms with E-state index >= 15 is 0 Å². The van der Waals surface area contributed by atoms with Gasteiger partial charge in [-0.2, -0.15) is 0 Å². The average Bonchev–Trinajstić information content (AvgIpc) is 2.81. The number of carbonyl (C=O) groups excluding carboxylic acids is 1. The van der Waals surface area contributed by atoms with E-state index in [-0.39, 0.29) is 26.3 Å². The van der Waals surface area contributed by atoms with Gasteiger partial charge >= 0.3 is 203 Å². The van der Waals surface area contributed by atoms with Crippen LogP contribution in [-0.4, -0.2) is 32.5 Å². The number of benzene rings is 2. The zero-order valence-electron chi connectivity index (χ0n) is 19.4. The summed E-state index contributed by atoms with van der Waals surface area (Å²) in [6, 6.07) is 19.1. The van der Waals surface area contributed by atoms with E-state index < -0.39 is 0 Å². The number of nitrogens with zero attached hydrogens (tertiary/aromatic N) is 1. The van der Waals surface area contributed by atoms with E-state index in [1.807, 2.05) is 0 Å². The van der Waals surface area contributed by atoms with Crippen LogP contribution in [0.2, 0.25) is 0 Å². The van der Waals surface area contributed by atoms with Gasteiger partial charge in [-0.1, -0.05) is 0 Å². The Labute approximate surface area is 202 Å². The molecule has 0 saturated heterocycles. The number of hydrogen-bond acceptors (Lipinski definition) is 3. The van der Waals surface area contributed by atoms with Crippen LogP contribution in [-0.2, 0) is 10.2 Å². The van der Waals surface area contributed by atoms with Gasteiger partial charge in [-0.3, -0.25) is 0 Å². The number of hydrogen-bond donors (Lipinski definition) is 0. The number of pyridine rings is 1. The molecule has 4 heteroatoms. The number of aromatic nitrogens is 1. The first kappa shape index (κ1) is 23.1. The van der Waals surface area contributed by atoms with Gasteiger partial charge in [0, 0.05) is 0 Å². The molecule has 0 aliphatic heterocycles. The number of ether oxygens (including phenoxy) is 1. The molecule has 0 bridgehead atoms. The maximum atomic E-state index is 11.8. The molecular weight excluding hydrogens is 473 g/mol. The summed E-state index contributed by atoms with van der Waals surface area (Å²) in [6.45, 7) is 8.88. The summed E-state index contributed by atoms with van der Waals surface area (Å²) in [5.41, 5.74) is 7.77. The molecule has 0 fully saturated rings. The minimum absolute atomic E-state index is 0.0117. The summed E-state index contributed by atoms with van der Waals surface area (Å²) in [5.74, 6) is 2.78. The minimum atomic E-state index is -0.357. The second-order valence-corrected chi connectivity index (χ2v) is 10.6. The fraction of sp³-hybridized carbons (Fsp3) is 0.241. The van der Waals surface area contributed by atoms with Crippen molar-refractivity contribution in [3.63, 3.8) is 0 Å². The number of carbonyl (C=O) groups is 1. The van der Waals surface area contributed by atoms with E-state index in [0.29, 0.717) is 17.9 Å². The predicted octanol–water partition coefficient (Wildman–Crippen LogP) is 5.02. The van der Waals surface area contributed by atoms with Gasteiger partial charge in [0.2, 0.25) is 0 Å². The van der Waals surface area contributed by atoms with Crippen LogP contribution in [0, 0.1) is 17.7 Å². The Hall–Kier alpha value is -3.12. The Balaban J connectivity index is 1.54. The van der Waals surface area contributed by atoms with Gasteiger partial charge in [-0.15, -0.1) is 0 Å². The zero-order valence-corrected chi connectivity index (χ0v) is 21.2. The van der Waals surface area contributed by atoms with Crippen molar-refractivity contribution in [3.05, 3.63) is 100 Å². The van der Waals surface area contributed by atoms with Gasteiger partial charge in [-0.05, 0) is 0 Å². The fourth-order valence-electron chi connectivity index (χ4n) is 3.90. The maximum absolute atomic E-state index is 11.8. The normalized spacial score (nSPS) is 13.9. The van der Waals surface area contributed by atoms with Crippen molar-refractivity contribution in [2.75, 3.05) is 6.61 Å². The van der Waals surface area contributed by atoms with Gasteiger partial charge in [-0.25, -0.2) is 0 Å². The van der Waals surface area contributed by atoms with Crippen molar-refractivity contribution in [2.45, 2.75) is 39.5 Å². The molecule has 1 aromatic heterocycles. The van der Waals surface area contributed by atoms with Crippen molar-refractivity contribution in [3.8, 4) is 10.7 Å². The molecule has 1 heterocycles. The summed E-state index contributed by atoms with van der Waals surface area (Å²) in [6.07, 6.45) is 4.92. The Morgan fingerprint density at radius 1 is 1.12 bits per heavy atom. The molecule has 2 aromatic carbocycles. The van der Waals surface area contributed by atoms with E-state index in [4.69, 9.17) is 4.74 Å². The SMILES string of the molecule is CCOC(=O)c1ccc(C#C[Se]c2ccc3c(c2)C(C)(C)CC=C3c2ccc(C)cc2)nc1. The number of fused-ring (bicyclic) bond motifs is 1. The second-order valence-electron chi connectivity index (χ2n) is 8.76. The molecule has 1 aliphatic carbocycles. The van der Waals surface area contributed by atoms with Crippen LogP contribution in [0.25, 0.3) is 5.57 Å². The van der Waals surface area contributed by atoms with Gasteiger partial charge in [0.05, 0.1) is 0 Å². The molecule has 0 saturated carbocycles. The van der Waals surface area contributed by atoms with E-state index in [2.05, 4.69) is 85.0 Å². The molecule has 3 aromatic rings. The van der Waals surface area contributed by atoms with Crippen LogP contribution < -0.4 is 4.46 Å². The van der Waals surface area contributed by atoms with Crippen LogP contribution in [0.4, 0.5) is 0 Å². The molecule has 0 unspecified atom stereocenters. The topological polar surface area (TPSA) is 39.2 Å². The van der Waals surface area contributed by atoms with Crippen molar-refractivity contribution >= 4 is 31.0 Å². The van der Waals surface area contributed by atoms with Gasteiger partial charge in [0.1, 0.15) is 0 Å². The van der Waals surface area contributed by atoms with Crippen LogP contribution >= 0.6 is 0 Å². The second kappa shape index (κ2) is 9.79. The first-order chi connectivity index (χ1) is 15.9.